The summed E-state index contributed by atoms with van der Waals surface area (Å²) < 4.78 is 5.50. The van der Waals surface area contributed by atoms with Crippen molar-refractivity contribution in [3.8, 4) is 11.5 Å². The lowest BCUT2D eigenvalue weighted by Crippen LogP contribution is -2.24. The van der Waals surface area contributed by atoms with Crippen molar-refractivity contribution in [1.82, 2.24) is 15.5 Å². The second kappa shape index (κ2) is 8.65. The van der Waals surface area contributed by atoms with E-state index in [4.69, 9.17) is 16.0 Å². The zero-order valence-corrected chi connectivity index (χ0v) is 15.4. The van der Waals surface area contributed by atoms with Crippen molar-refractivity contribution >= 4 is 35.0 Å². The van der Waals surface area contributed by atoms with E-state index in [2.05, 4.69) is 15.5 Å². The number of hydrogen-bond acceptors (Lipinski definition) is 7. The monoisotopic (exact) mass is 404 g/mol. The highest BCUT2D eigenvalue weighted by Crippen LogP contribution is 2.28. The average molecular weight is 405 g/mol. The number of aromatic nitrogens is 2. The third-order valence-corrected chi connectivity index (χ3v) is 4.65. The van der Waals surface area contributed by atoms with Crippen LogP contribution in [0.2, 0.25) is 5.02 Å². The second-order valence-corrected chi connectivity index (χ2v) is 6.64. The highest BCUT2D eigenvalue weighted by Gasteiger charge is 2.15. The molecule has 2 aromatic carbocycles. The minimum Gasteiger partial charge on any atom is -0.411 e. The molecule has 3 aromatic rings. The number of nitro groups is 1. The van der Waals surface area contributed by atoms with Crippen LogP contribution in [0.15, 0.2) is 58.2 Å². The maximum absolute atomic E-state index is 12.0. The number of para-hydroxylation sites is 1. The van der Waals surface area contributed by atoms with Crippen molar-refractivity contribution in [3.63, 3.8) is 0 Å². The number of thioether (sulfide) groups is 1. The molecule has 0 aliphatic carbocycles. The summed E-state index contributed by atoms with van der Waals surface area (Å²) >= 11 is 7.15. The van der Waals surface area contributed by atoms with E-state index >= 15 is 0 Å². The largest absolute Gasteiger partial charge is 0.411 e. The fourth-order valence-corrected chi connectivity index (χ4v) is 3.03. The van der Waals surface area contributed by atoms with Gasteiger partial charge in [0.05, 0.1) is 21.3 Å². The summed E-state index contributed by atoms with van der Waals surface area (Å²) in [6.07, 6.45) is 0. The summed E-state index contributed by atoms with van der Waals surface area (Å²) in [5.41, 5.74) is 1.01. The standard InChI is InChI=1S/C17H13ClN4O4S/c18-13-7-3-2-6-12(13)16-20-21-17(26-16)27-10-15(23)19-9-11-5-1-4-8-14(11)22(24)25/h1-8H,9-10H2,(H,19,23). The molecule has 0 bridgehead atoms. The van der Waals surface area contributed by atoms with E-state index in [1.54, 1.807) is 42.5 Å². The predicted molar refractivity (Wildman–Crippen MR) is 100 cm³/mol. The van der Waals surface area contributed by atoms with E-state index in [9.17, 15) is 14.9 Å². The molecular formula is C17H13ClN4O4S. The van der Waals surface area contributed by atoms with Gasteiger partial charge in [0, 0.05) is 18.2 Å². The number of nitro benzene ring substituents is 1. The molecule has 1 amide bonds. The van der Waals surface area contributed by atoms with Gasteiger partial charge in [-0.15, -0.1) is 10.2 Å². The lowest BCUT2D eigenvalue weighted by Gasteiger charge is -2.05. The minimum absolute atomic E-state index is 0.0325. The Morgan fingerprint density at radius 1 is 1.19 bits per heavy atom. The van der Waals surface area contributed by atoms with E-state index in [0.29, 0.717) is 16.1 Å². The van der Waals surface area contributed by atoms with Gasteiger partial charge in [-0.3, -0.25) is 14.9 Å². The summed E-state index contributed by atoms with van der Waals surface area (Å²) in [6.45, 7) is 0.0608. The average Bonchev–Trinajstić information content (AvgIpc) is 3.14. The van der Waals surface area contributed by atoms with Crippen molar-refractivity contribution in [2.24, 2.45) is 0 Å². The molecule has 138 valence electrons. The van der Waals surface area contributed by atoms with Gasteiger partial charge in [-0.25, -0.2) is 0 Å². The van der Waals surface area contributed by atoms with E-state index in [1.807, 2.05) is 0 Å². The summed E-state index contributed by atoms with van der Waals surface area (Å²) in [5, 5.41) is 22.1. The minimum atomic E-state index is -0.481. The zero-order chi connectivity index (χ0) is 19.2. The Morgan fingerprint density at radius 2 is 1.93 bits per heavy atom. The zero-order valence-electron chi connectivity index (χ0n) is 13.8. The van der Waals surface area contributed by atoms with Crippen LogP contribution in [0, 0.1) is 10.1 Å². The van der Waals surface area contributed by atoms with Crippen molar-refractivity contribution < 1.29 is 14.1 Å². The van der Waals surface area contributed by atoms with Gasteiger partial charge in [-0.1, -0.05) is 53.7 Å². The third-order valence-electron chi connectivity index (χ3n) is 3.50. The fraction of sp³-hybridized carbons (Fsp3) is 0.118. The number of carbonyl (C=O) groups is 1. The molecule has 1 heterocycles. The van der Waals surface area contributed by atoms with Crippen molar-refractivity contribution in [2.75, 3.05) is 5.75 Å². The maximum atomic E-state index is 12.0. The molecule has 0 saturated heterocycles. The first-order chi connectivity index (χ1) is 13.0. The van der Waals surface area contributed by atoms with Gasteiger partial charge in [0.25, 0.3) is 10.9 Å². The Morgan fingerprint density at radius 3 is 2.70 bits per heavy atom. The first kappa shape index (κ1) is 18.9. The van der Waals surface area contributed by atoms with Gasteiger partial charge in [0.1, 0.15) is 0 Å². The van der Waals surface area contributed by atoms with Gasteiger partial charge < -0.3 is 9.73 Å². The van der Waals surface area contributed by atoms with Crippen LogP contribution >= 0.6 is 23.4 Å². The summed E-state index contributed by atoms with van der Waals surface area (Å²) in [6, 6.07) is 13.3. The van der Waals surface area contributed by atoms with Crippen LogP contribution < -0.4 is 5.32 Å². The maximum Gasteiger partial charge on any atom is 0.277 e. The van der Waals surface area contributed by atoms with E-state index in [-0.39, 0.29) is 35.0 Å². The lowest BCUT2D eigenvalue weighted by molar-refractivity contribution is -0.385. The molecule has 0 aliphatic heterocycles. The molecule has 0 spiro atoms. The van der Waals surface area contributed by atoms with E-state index in [1.165, 1.54) is 6.07 Å². The number of amides is 1. The summed E-state index contributed by atoms with van der Waals surface area (Å²) in [7, 11) is 0. The van der Waals surface area contributed by atoms with Crippen LogP contribution in [-0.2, 0) is 11.3 Å². The van der Waals surface area contributed by atoms with Gasteiger partial charge in [0.2, 0.25) is 11.8 Å². The molecule has 0 aliphatic rings. The smallest absolute Gasteiger partial charge is 0.277 e. The van der Waals surface area contributed by atoms with Crippen molar-refractivity contribution in [2.45, 2.75) is 11.8 Å². The first-order valence-corrected chi connectivity index (χ1v) is 9.11. The first-order valence-electron chi connectivity index (χ1n) is 7.75. The van der Waals surface area contributed by atoms with Crippen molar-refractivity contribution in [1.29, 1.82) is 0 Å². The third kappa shape index (κ3) is 4.83. The van der Waals surface area contributed by atoms with E-state index in [0.717, 1.165) is 11.8 Å². The molecule has 27 heavy (non-hydrogen) atoms. The number of halogens is 1. The van der Waals surface area contributed by atoms with Crippen LogP contribution in [-0.4, -0.2) is 26.8 Å². The van der Waals surface area contributed by atoms with Crippen LogP contribution in [0.1, 0.15) is 5.56 Å². The molecule has 8 nitrogen and oxygen atoms in total. The molecule has 0 radical (unpaired) electrons. The Bertz CT molecular complexity index is 979. The topological polar surface area (TPSA) is 111 Å². The Hall–Kier alpha value is -2.91. The van der Waals surface area contributed by atoms with Crippen molar-refractivity contribution in [3.05, 3.63) is 69.2 Å². The molecule has 1 aromatic heterocycles. The predicted octanol–water partition coefficient (Wildman–Crippen LogP) is 3.71. The molecular weight excluding hydrogens is 392 g/mol. The van der Waals surface area contributed by atoms with Gasteiger partial charge >= 0.3 is 0 Å². The second-order valence-electron chi connectivity index (χ2n) is 5.30. The Labute approximate surface area is 163 Å². The Balaban J connectivity index is 1.55. The molecule has 0 atom stereocenters. The van der Waals surface area contributed by atoms with Gasteiger partial charge in [-0.2, -0.15) is 0 Å². The quantitative estimate of drug-likeness (QED) is 0.363. The number of benzene rings is 2. The van der Waals surface area contributed by atoms with E-state index < -0.39 is 4.92 Å². The number of rotatable bonds is 7. The van der Waals surface area contributed by atoms with Crippen LogP contribution in [0.5, 0.6) is 0 Å². The normalized spacial score (nSPS) is 10.6. The van der Waals surface area contributed by atoms with Gasteiger partial charge in [-0.05, 0) is 12.1 Å². The van der Waals surface area contributed by atoms with Crippen LogP contribution in [0.3, 0.4) is 0 Å². The fourth-order valence-electron chi connectivity index (χ4n) is 2.22. The number of carbonyl (C=O) groups excluding carboxylic acids is 1. The summed E-state index contributed by atoms with van der Waals surface area (Å²) in [5.74, 6) is -0.0100. The Kier molecular flexibility index (Phi) is 6.05. The number of hydrogen-bond donors (Lipinski definition) is 1. The highest BCUT2D eigenvalue weighted by molar-refractivity contribution is 7.99. The molecule has 10 heteroatoms. The highest BCUT2D eigenvalue weighted by atomic mass is 35.5. The molecule has 1 N–H and O–H groups in total. The van der Waals surface area contributed by atoms with Gasteiger partial charge in [0.15, 0.2) is 0 Å². The number of nitrogens with one attached hydrogen (secondary N) is 1. The van der Waals surface area contributed by atoms with Crippen LogP contribution in [0.4, 0.5) is 5.69 Å². The summed E-state index contributed by atoms with van der Waals surface area (Å²) in [4.78, 5) is 22.5. The molecule has 3 rings (SSSR count). The SMILES string of the molecule is O=C(CSc1nnc(-c2ccccc2Cl)o1)NCc1ccccc1[N+](=O)[O-]. The molecule has 0 unspecified atom stereocenters. The number of nitrogens with zero attached hydrogens (tertiary/aromatic N) is 3. The lowest BCUT2D eigenvalue weighted by atomic mass is 10.2. The van der Waals surface area contributed by atoms with Crippen LogP contribution in [0.25, 0.3) is 11.5 Å². The molecule has 0 fully saturated rings. The molecule has 0 saturated carbocycles.